The van der Waals surface area contributed by atoms with Crippen molar-refractivity contribution >= 4 is 11.6 Å². The molecule has 0 bridgehead atoms. The molecular weight excluding hydrogens is 280 g/mol. The summed E-state index contributed by atoms with van der Waals surface area (Å²) in [5.74, 6) is -0.0947. The minimum atomic E-state index is -0.188. The summed E-state index contributed by atoms with van der Waals surface area (Å²) in [4.78, 5) is 16.9. The van der Waals surface area contributed by atoms with Crippen LogP contribution in [0.5, 0.6) is 0 Å². The summed E-state index contributed by atoms with van der Waals surface area (Å²) >= 11 is 0. The Hall–Kier alpha value is -1.95. The standard InChI is InChI=1S/C16H22N4O2/c1-10-7-14-17-9-13(11(2)20(14)19-10)15(21)18-12-5-6-22-16(3,4)8-12/h7,9,12H,5-6,8H2,1-4H3,(H,18,21). The molecule has 1 unspecified atom stereocenters. The van der Waals surface area contributed by atoms with Crippen LogP contribution in [0.25, 0.3) is 5.65 Å². The average Bonchev–Trinajstić information content (AvgIpc) is 2.79. The number of nitrogens with zero attached hydrogens (tertiary/aromatic N) is 3. The van der Waals surface area contributed by atoms with Crippen LogP contribution in [0.4, 0.5) is 0 Å². The van der Waals surface area contributed by atoms with Crippen LogP contribution in [0.15, 0.2) is 12.3 Å². The maximum atomic E-state index is 12.6. The molecule has 1 N–H and O–H groups in total. The third-order valence-electron chi connectivity index (χ3n) is 4.12. The topological polar surface area (TPSA) is 68.5 Å². The van der Waals surface area contributed by atoms with Gasteiger partial charge in [-0.2, -0.15) is 5.10 Å². The second-order valence-corrected chi connectivity index (χ2v) is 6.58. The summed E-state index contributed by atoms with van der Waals surface area (Å²) in [6.07, 6.45) is 3.28. The van der Waals surface area contributed by atoms with Crippen molar-refractivity contribution < 1.29 is 9.53 Å². The van der Waals surface area contributed by atoms with Crippen LogP contribution in [0, 0.1) is 13.8 Å². The molecule has 1 saturated heterocycles. The number of amides is 1. The van der Waals surface area contributed by atoms with Crippen molar-refractivity contribution in [2.24, 2.45) is 0 Å². The summed E-state index contributed by atoms with van der Waals surface area (Å²) in [6, 6.07) is 2.03. The maximum Gasteiger partial charge on any atom is 0.254 e. The molecule has 1 aliphatic rings. The van der Waals surface area contributed by atoms with Gasteiger partial charge >= 0.3 is 0 Å². The van der Waals surface area contributed by atoms with Crippen LogP contribution in [-0.4, -0.2) is 38.8 Å². The van der Waals surface area contributed by atoms with E-state index in [2.05, 4.69) is 29.2 Å². The fourth-order valence-electron chi connectivity index (χ4n) is 3.00. The fourth-order valence-corrected chi connectivity index (χ4v) is 3.00. The highest BCUT2D eigenvalue weighted by Gasteiger charge is 2.30. The van der Waals surface area contributed by atoms with Crippen LogP contribution in [0.3, 0.4) is 0 Å². The van der Waals surface area contributed by atoms with Crippen LogP contribution in [0.2, 0.25) is 0 Å². The first-order valence-electron chi connectivity index (χ1n) is 7.62. The lowest BCUT2D eigenvalue weighted by molar-refractivity contribution is -0.0615. The molecule has 1 amide bonds. The van der Waals surface area contributed by atoms with E-state index in [1.165, 1.54) is 0 Å². The molecule has 1 atom stereocenters. The molecule has 0 aromatic carbocycles. The molecule has 0 aliphatic carbocycles. The van der Waals surface area contributed by atoms with Crippen LogP contribution < -0.4 is 5.32 Å². The maximum absolute atomic E-state index is 12.6. The number of nitrogens with one attached hydrogen (secondary N) is 1. The number of hydrogen-bond acceptors (Lipinski definition) is 4. The van der Waals surface area contributed by atoms with Gasteiger partial charge in [-0.1, -0.05) is 0 Å². The zero-order valence-corrected chi connectivity index (χ0v) is 13.5. The van der Waals surface area contributed by atoms with E-state index in [0.29, 0.717) is 12.2 Å². The lowest BCUT2D eigenvalue weighted by atomic mass is 9.94. The number of ether oxygens (including phenoxy) is 1. The first-order chi connectivity index (χ1) is 10.4. The number of hydrogen-bond donors (Lipinski definition) is 1. The molecule has 0 radical (unpaired) electrons. The Morgan fingerprint density at radius 3 is 2.95 bits per heavy atom. The number of aromatic nitrogens is 3. The second kappa shape index (κ2) is 5.35. The minimum Gasteiger partial charge on any atom is -0.375 e. The molecule has 3 heterocycles. The van der Waals surface area contributed by atoms with Crippen molar-refractivity contribution in [3.8, 4) is 0 Å². The van der Waals surface area contributed by atoms with Crippen molar-refractivity contribution in [2.75, 3.05) is 6.61 Å². The first kappa shape index (κ1) is 15.0. The normalized spacial score (nSPS) is 21.0. The van der Waals surface area contributed by atoms with Crippen molar-refractivity contribution in [1.29, 1.82) is 0 Å². The summed E-state index contributed by atoms with van der Waals surface area (Å²) in [5.41, 5.74) is 2.84. The number of carbonyl (C=O) groups is 1. The number of carbonyl (C=O) groups excluding carboxylic acids is 1. The van der Waals surface area contributed by atoms with Crippen molar-refractivity contribution in [3.05, 3.63) is 29.2 Å². The third-order valence-corrected chi connectivity index (χ3v) is 4.12. The molecule has 1 fully saturated rings. The second-order valence-electron chi connectivity index (χ2n) is 6.58. The van der Waals surface area contributed by atoms with E-state index < -0.39 is 0 Å². The van der Waals surface area contributed by atoms with Gasteiger partial charge in [-0.05, 0) is 40.5 Å². The van der Waals surface area contributed by atoms with Gasteiger partial charge in [0.2, 0.25) is 0 Å². The molecular formula is C16H22N4O2. The summed E-state index contributed by atoms with van der Waals surface area (Å²) < 4.78 is 7.41. The fraction of sp³-hybridized carbons (Fsp3) is 0.562. The molecule has 0 saturated carbocycles. The molecule has 3 rings (SSSR count). The molecule has 2 aromatic rings. The van der Waals surface area contributed by atoms with Crippen molar-refractivity contribution in [2.45, 2.75) is 52.2 Å². The van der Waals surface area contributed by atoms with Gasteiger partial charge in [-0.15, -0.1) is 0 Å². The Kier molecular flexibility index (Phi) is 3.64. The van der Waals surface area contributed by atoms with E-state index in [0.717, 1.165) is 29.9 Å². The molecule has 118 valence electrons. The Morgan fingerprint density at radius 1 is 1.45 bits per heavy atom. The predicted molar refractivity (Wildman–Crippen MR) is 83.0 cm³/mol. The van der Waals surface area contributed by atoms with Crippen LogP contribution in [-0.2, 0) is 4.74 Å². The highest BCUT2D eigenvalue weighted by atomic mass is 16.5. The predicted octanol–water partition coefficient (Wildman–Crippen LogP) is 2.03. The zero-order chi connectivity index (χ0) is 15.9. The summed E-state index contributed by atoms with van der Waals surface area (Å²) in [5, 5.41) is 7.48. The largest absolute Gasteiger partial charge is 0.375 e. The molecule has 2 aromatic heterocycles. The summed E-state index contributed by atoms with van der Waals surface area (Å²) in [6.45, 7) is 8.59. The van der Waals surface area contributed by atoms with Crippen LogP contribution in [0.1, 0.15) is 48.4 Å². The quantitative estimate of drug-likeness (QED) is 0.921. The highest BCUT2D eigenvalue weighted by molar-refractivity contribution is 5.95. The van der Waals surface area contributed by atoms with Crippen molar-refractivity contribution in [1.82, 2.24) is 19.9 Å². The highest BCUT2D eigenvalue weighted by Crippen LogP contribution is 2.24. The Labute approximate surface area is 129 Å². The third kappa shape index (κ3) is 2.83. The molecule has 0 spiro atoms. The SMILES string of the molecule is Cc1cc2ncc(C(=O)NC3CCOC(C)(C)C3)c(C)n2n1. The molecule has 6 heteroatoms. The Bertz CT molecular complexity index is 720. The monoisotopic (exact) mass is 302 g/mol. The van der Waals surface area contributed by atoms with E-state index >= 15 is 0 Å². The van der Waals surface area contributed by atoms with Gasteiger partial charge in [0.15, 0.2) is 5.65 Å². The van der Waals surface area contributed by atoms with E-state index in [-0.39, 0.29) is 17.6 Å². The molecule has 6 nitrogen and oxygen atoms in total. The minimum absolute atomic E-state index is 0.0947. The van der Waals surface area contributed by atoms with E-state index in [9.17, 15) is 4.79 Å². The van der Waals surface area contributed by atoms with Crippen LogP contribution >= 0.6 is 0 Å². The van der Waals surface area contributed by atoms with Crippen molar-refractivity contribution in [3.63, 3.8) is 0 Å². The van der Waals surface area contributed by atoms with E-state index in [1.807, 2.05) is 19.9 Å². The number of rotatable bonds is 2. The molecule has 1 aliphatic heterocycles. The number of fused-ring (bicyclic) bond motifs is 1. The first-order valence-corrected chi connectivity index (χ1v) is 7.62. The van der Waals surface area contributed by atoms with Gasteiger partial charge in [0.05, 0.1) is 22.6 Å². The van der Waals surface area contributed by atoms with Gasteiger partial charge < -0.3 is 10.1 Å². The number of aryl methyl sites for hydroxylation is 2. The van der Waals surface area contributed by atoms with Gasteiger partial charge in [0, 0.05) is 24.9 Å². The Balaban J connectivity index is 1.81. The average molecular weight is 302 g/mol. The van der Waals surface area contributed by atoms with Gasteiger partial charge in [-0.25, -0.2) is 9.50 Å². The zero-order valence-electron chi connectivity index (χ0n) is 13.5. The van der Waals surface area contributed by atoms with E-state index in [1.54, 1.807) is 10.7 Å². The van der Waals surface area contributed by atoms with E-state index in [4.69, 9.17) is 4.74 Å². The van der Waals surface area contributed by atoms with Gasteiger partial charge in [0.1, 0.15) is 0 Å². The molecule has 22 heavy (non-hydrogen) atoms. The lowest BCUT2D eigenvalue weighted by Gasteiger charge is -2.35. The Morgan fingerprint density at radius 2 is 2.23 bits per heavy atom. The van der Waals surface area contributed by atoms with Gasteiger partial charge in [-0.3, -0.25) is 4.79 Å². The summed E-state index contributed by atoms with van der Waals surface area (Å²) in [7, 11) is 0. The smallest absolute Gasteiger partial charge is 0.254 e. The van der Waals surface area contributed by atoms with Gasteiger partial charge in [0.25, 0.3) is 5.91 Å². The lowest BCUT2D eigenvalue weighted by Crippen LogP contribution is -2.46.